The number of thiazole rings is 1. The molecular formula is C18H19N3S2. The summed E-state index contributed by atoms with van der Waals surface area (Å²) in [5, 5.41) is 8.93. The third kappa shape index (κ3) is 3.51. The zero-order valence-corrected chi connectivity index (χ0v) is 15.1. The van der Waals surface area contributed by atoms with Crippen LogP contribution in [0, 0.1) is 13.8 Å². The van der Waals surface area contributed by atoms with E-state index >= 15 is 0 Å². The predicted octanol–water partition coefficient (Wildman–Crippen LogP) is 4.70. The summed E-state index contributed by atoms with van der Waals surface area (Å²) in [6, 6.07) is 10.6. The van der Waals surface area contributed by atoms with E-state index in [1.54, 1.807) is 22.7 Å². The molecule has 0 aliphatic heterocycles. The summed E-state index contributed by atoms with van der Waals surface area (Å²) in [4.78, 5) is 6.69. The molecule has 1 aromatic carbocycles. The first-order chi connectivity index (χ1) is 11.2. The van der Waals surface area contributed by atoms with E-state index in [2.05, 4.69) is 59.9 Å². The second-order valence-electron chi connectivity index (χ2n) is 5.27. The molecule has 0 atom stereocenters. The fourth-order valence-electron chi connectivity index (χ4n) is 2.34. The monoisotopic (exact) mass is 341 g/mol. The molecule has 0 N–H and O–H groups in total. The van der Waals surface area contributed by atoms with E-state index in [4.69, 9.17) is 5.10 Å². The summed E-state index contributed by atoms with van der Waals surface area (Å²) >= 11 is 3.35. The molecule has 23 heavy (non-hydrogen) atoms. The van der Waals surface area contributed by atoms with Gasteiger partial charge in [-0.3, -0.25) is 4.99 Å². The normalized spacial score (nSPS) is 12.4. The minimum absolute atomic E-state index is 0.753. The molecule has 2 aromatic heterocycles. The molecule has 0 spiro atoms. The fourth-order valence-corrected chi connectivity index (χ4v) is 4.03. The minimum Gasteiger partial charge on any atom is -0.258 e. The maximum absolute atomic E-state index is 4.72. The van der Waals surface area contributed by atoms with Crippen molar-refractivity contribution in [2.45, 2.75) is 20.8 Å². The topological polar surface area (TPSA) is 29.6 Å². The molecule has 0 aliphatic carbocycles. The molecule has 118 valence electrons. The van der Waals surface area contributed by atoms with E-state index in [-0.39, 0.29) is 0 Å². The lowest BCUT2D eigenvalue weighted by Gasteiger charge is -2.03. The molecule has 5 heteroatoms. The molecule has 0 bridgehead atoms. The van der Waals surface area contributed by atoms with Crippen LogP contribution >= 0.6 is 22.7 Å². The smallest absolute Gasteiger partial charge is 0.206 e. The van der Waals surface area contributed by atoms with Crippen LogP contribution in [0.4, 0.5) is 0 Å². The number of aryl methyl sites for hydroxylation is 2. The van der Waals surface area contributed by atoms with E-state index in [9.17, 15) is 0 Å². The number of benzene rings is 1. The molecule has 0 unspecified atom stereocenters. The second kappa shape index (κ2) is 7.06. The van der Waals surface area contributed by atoms with E-state index in [1.165, 1.54) is 16.0 Å². The van der Waals surface area contributed by atoms with Crippen LogP contribution in [0.1, 0.15) is 23.6 Å². The quantitative estimate of drug-likeness (QED) is 0.616. The number of nitrogens with zero attached hydrogens (tertiary/aromatic N) is 3. The van der Waals surface area contributed by atoms with E-state index in [0.717, 1.165) is 22.6 Å². The lowest BCUT2D eigenvalue weighted by molar-refractivity contribution is 0.834. The maximum Gasteiger partial charge on any atom is 0.206 e. The zero-order valence-electron chi connectivity index (χ0n) is 13.5. The zero-order chi connectivity index (χ0) is 16.2. The van der Waals surface area contributed by atoms with Crippen LogP contribution in [-0.2, 0) is 0 Å². The third-order valence-corrected chi connectivity index (χ3v) is 5.24. The highest BCUT2D eigenvalue weighted by atomic mass is 32.1. The second-order valence-corrected chi connectivity index (χ2v) is 7.06. The minimum atomic E-state index is 0.753. The van der Waals surface area contributed by atoms with Crippen molar-refractivity contribution in [1.82, 2.24) is 4.68 Å². The lowest BCUT2D eigenvalue weighted by Crippen LogP contribution is -2.12. The first kappa shape index (κ1) is 15.9. The van der Waals surface area contributed by atoms with Gasteiger partial charge in [-0.1, -0.05) is 29.8 Å². The molecule has 0 fully saturated rings. The van der Waals surface area contributed by atoms with Gasteiger partial charge in [0.15, 0.2) is 0 Å². The van der Waals surface area contributed by atoms with Crippen LogP contribution in [0.5, 0.6) is 0 Å². The highest BCUT2D eigenvalue weighted by Crippen LogP contribution is 2.25. The van der Waals surface area contributed by atoms with Gasteiger partial charge in [0, 0.05) is 11.9 Å². The molecule has 0 aliphatic rings. The third-order valence-electron chi connectivity index (χ3n) is 3.49. The number of rotatable bonds is 4. The van der Waals surface area contributed by atoms with Crippen LogP contribution in [0.25, 0.3) is 10.6 Å². The molecule has 0 amide bonds. The molecule has 2 heterocycles. The van der Waals surface area contributed by atoms with Crippen molar-refractivity contribution < 1.29 is 0 Å². The Morgan fingerprint density at radius 2 is 2.04 bits per heavy atom. The van der Waals surface area contributed by atoms with Crippen LogP contribution in [0.15, 0.2) is 51.2 Å². The van der Waals surface area contributed by atoms with Crippen LogP contribution in [0.3, 0.4) is 0 Å². The lowest BCUT2D eigenvalue weighted by atomic mass is 10.1. The Bertz CT molecular complexity index is 883. The molecule has 0 saturated carbocycles. The van der Waals surface area contributed by atoms with Gasteiger partial charge in [0.05, 0.1) is 16.8 Å². The van der Waals surface area contributed by atoms with Crippen LogP contribution in [0.2, 0.25) is 0 Å². The van der Waals surface area contributed by atoms with E-state index in [0.29, 0.717) is 0 Å². The molecule has 3 nitrogen and oxygen atoms in total. The molecule has 0 radical (unpaired) electrons. The number of aromatic nitrogens is 1. The SMILES string of the molecule is CCN=c1scc(-c2cccs2)n1N=Cc1ccc(C)cc1C. The van der Waals surface area contributed by atoms with Crippen LogP contribution in [-0.4, -0.2) is 17.4 Å². The highest BCUT2D eigenvalue weighted by molar-refractivity contribution is 7.14. The Balaban J connectivity index is 2.06. The van der Waals surface area contributed by atoms with Gasteiger partial charge < -0.3 is 0 Å². The summed E-state index contributed by atoms with van der Waals surface area (Å²) in [6.45, 7) is 7.02. The van der Waals surface area contributed by atoms with Crippen molar-refractivity contribution >= 4 is 28.9 Å². The van der Waals surface area contributed by atoms with Crippen molar-refractivity contribution in [2.75, 3.05) is 6.54 Å². The summed E-state index contributed by atoms with van der Waals surface area (Å²) in [6.07, 6.45) is 1.92. The van der Waals surface area contributed by atoms with Crippen molar-refractivity contribution in [1.29, 1.82) is 0 Å². The standard InChI is InChI=1S/C18H19N3S2/c1-4-19-18-21(16(12-23-18)17-6-5-9-22-17)20-11-15-8-7-13(2)10-14(15)3/h5-12H,4H2,1-3H3. The first-order valence-electron chi connectivity index (χ1n) is 7.55. The Hall–Kier alpha value is -1.98. The Morgan fingerprint density at radius 3 is 2.74 bits per heavy atom. The summed E-state index contributed by atoms with van der Waals surface area (Å²) in [5.74, 6) is 0. The Morgan fingerprint density at radius 1 is 1.17 bits per heavy atom. The summed E-state index contributed by atoms with van der Waals surface area (Å²) in [5.41, 5.74) is 4.73. The van der Waals surface area contributed by atoms with Gasteiger partial charge in [0.25, 0.3) is 0 Å². The van der Waals surface area contributed by atoms with Crippen molar-refractivity contribution in [3.63, 3.8) is 0 Å². The number of hydrogen-bond donors (Lipinski definition) is 0. The summed E-state index contributed by atoms with van der Waals surface area (Å²) in [7, 11) is 0. The van der Waals surface area contributed by atoms with Gasteiger partial charge in [-0.15, -0.1) is 22.7 Å². The van der Waals surface area contributed by atoms with Crippen molar-refractivity contribution in [2.24, 2.45) is 10.1 Å². The molecule has 0 saturated heterocycles. The molecule has 3 aromatic rings. The maximum atomic E-state index is 4.72. The average Bonchev–Trinajstić information content (AvgIpc) is 3.16. The Labute approximate surface area is 144 Å². The average molecular weight is 342 g/mol. The highest BCUT2D eigenvalue weighted by Gasteiger charge is 2.08. The Kier molecular flexibility index (Phi) is 4.88. The fraction of sp³-hybridized carbons (Fsp3) is 0.222. The van der Waals surface area contributed by atoms with Gasteiger partial charge >= 0.3 is 0 Å². The largest absolute Gasteiger partial charge is 0.258 e. The number of thiophene rings is 1. The predicted molar refractivity (Wildman–Crippen MR) is 101 cm³/mol. The molecular weight excluding hydrogens is 322 g/mol. The van der Waals surface area contributed by atoms with E-state index in [1.807, 2.05) is 17.8 Å². The van der Waals surface area contributed by atoms with Gasteiger partial charge in [0.2, 0.25) is 4.80 Å². The van der Waals surface area contributed by atoms with Crippen molar-refractivity contribution in [3.05, 3.63) is 62.6 Å². The van der Waals surface area contributed by atoms with Crippen molar-refractivity contribution in [3.8, 4) is 10.6 Å². The van der Waals surface area contributed by atoms with Gasteiger partial charge in [-0.25, -0.2) is 4.68 Å². The van der Waals surface area contributed by atoms with E-state index < -0.39 is 0 Å². The molecule has 3 rings (SSSR count). The van der Waals surface area contributed by atoms with Gasteiger partial charge in [-0.2, -0.15) is 5.10 Å². The first-order valence-corrected chi connectivity index (χ1v) is 9.31. The summed E-state index contributed by atoms with van der Waals surface area (Å²) < 4.78 is 1.94. The van der Waals surface area contributed by atoms with Crippen LogP contribution < -0.4 is 4.80 Å². The van der Waals surface area contributed by atoms with Gasteiger partial charge in [-0.05, 0) is 43.3 Å². The van der Waals surface area contributed by atoms with Gasteiger partial charge in [0.1, 0.15) is 0 Å². The number of hydrogen-bond acceptors (Lipinski definition) is 4.